The van der Waals surface area contributed by atoms with Crippen LogP contribution in [-0.2, 0) is 0 Å². The fourth-order valence-corrected chi connectivity index (χ4v) is 3.45. The molecule has 2 aliphatic rings. The van der Waals surface area contributed by atoms with Crippen molar-refractivity contribution in [3.8, 4) is 5.75 Å². The number of rotatable bonds is 6. The maximum absolute atomic E-state index is 5.79. The molecule has 1 N–H and O–H groups in total. The van der Waals surface area contributed by atoms with Gasteiger partial charge in [-0.15, -0.1) is 0 Å². The normalized spacial score (nSPS) is 24.3. The molecule has 1 atom stereocenters. The second kappa shape index (κ2) is 8.51. The van der Waals surface area contributed by atoms with E-state index in [0.717, 1.165) is 24.8 Å². The highest BCUT2D eigenvalue weighted by Crippen LogP contribution is 2.13. The number of nitrogens with zero attached hydrogens (tertiary/aromatic N) is 2. The van der Waals surface area contributed by atoms with Gasteiger partial charge in [-0.1, -0.05) is 18.2 Å². The molecular formula is C18H29N3O. The summed E-state index contributed by atoms with van der Waals surface area (Å²) in [7, 11) is 0. The molecule has 4 heteroatoms. The molecule has 1 unspecified atom stereocenters. The van der Waals surface area contributed by atoms with E-state index in [2.05, 4.69) is 15.1 Å². The fraction of sp³-hybridized carbons (Fsp3) is 0.667. The van der Waals surface area contributed by atoms with Crippen LogP contribution >= 0.6 is 0 Å². The Balaban J connectivity index is 1.30. The van der Waals surface area contributed by atoms with Gasteiger partial charge < -0.3 is 15.0 Å². The van der Waals surface area contributed by atoms with Crippen molar-refractivity contribution in [2.45, 2.75) is 12.8 Å². The molecule has 0 saturated carbocycles. The zero-order chi connectivity index (χ0) is 15.0. The van der Waals surface area contributed by atoms with Crippen LogP contribution in [0.15, 0.2) is 30.3 Å². The van der Waals surface area contributed by atoms with E-state index in [4.69, 9.17) is 4.74 Å². The summed E-state index contributed by atoms with van der Waals surface area (Å²) >= 11 is 0. The molecule has 1 aromatic rings. The Labute approximate surface area is 134 Å². The largest absolute Gasteiger partial charge is 0.492 e. The van der Waals surface area contributed by atoms with E-state index in [1.807, 2.05) is 30.3 Å². The van der Waals surface area contributed by atoms with Crippen LogP contribution in [0.3, 0.4) is 0 Å². The highest BCUT2D eigenvalue weighted by Gasteiger charge is 2.21. The average Bonchev–Trinajstić information content (AvgIpc) is 2.58. The molecular weight excluding hydrogens is 274 g/mol. The van der Waals surface area contributed by atoms with Crippen LogP contribution in [0, 0.1) is 5.92 Å². The molecule has 0 amide bonds. The van der Waals surface area contributed by atoms with Gasteiger partial charge in [0.15, 0.2) is 0 Å². The topological polar surface area (TPSA) is 27.7 Å². The number of hydrogen-bond donors (Lipinski definition) is 1. The summed E-state index contributed by atoms with van der Waals surface area (Å²) in [5, 5.41) is 3.52. The van der Waals surface area contributed by atoms with Crippen LogP contribution in [-0.4, -0.2) is 68.8 Å². The summed E-state index contributed by atoms with van der Waals surface area (Å²) in [6.45, 7) is 10.3. The molecule has 0 aliphatic carbocycles. The molecule has 0 aromatic heterocycles. The number of benzene rings is 1. The second-order valence-electron chi connectivity index (χ2n) is 6.52. The third-order valence-corrected chi connectivity index (χ3v) is 4.80. The smallest absolute Gasteiger partial charge is 0.119 e. The van der Waals surface area contributed by atoms with Crippen molar-refractivity contribution in [2.24, 2.45) is 5.92 Å². The zero-order valence-electron chi connectivity index (χ0n) is 13.5. The van der Waals surface area contributed by atoms with Crippen LogP contribution in [0.2, 0.25) is 0 Å². The van der Waals surface area contributed by atoms with Gasteiger partial charge in [-0.2, -0.15) is 0 Å². The van der Waals surface area contributed by atoms with Crippen molar-refractivity contribution in [1.82, 2.24) is 15.1 Å². The van der Waals surface area contributed by atoms with Gasteiger partial charge in [0.2, 0.25) is 0 Å². The highest BCUT2D eigenvalue weighted by molar-refractivity contribution is 5.20. The van der Waals surface area contributed by atoms with E-state index in [-0.39, 0.29) is 0 Å². The number of hydrogen-bond acceptors (Lipinski definition) is 4. The Bertz CT molecular complexity index is 412. The molecule has 2 heterocycles. The van der Waals surface area contributed by atoms with E-state index in [1.54, 1.807) is 0 Å². The lowest BCUT2D eigenvalue weighted by Gasteiger charge is -2.37. The van der Waals surface area contributed by atoms with Crippen LogP contribution in [0.1, 0.15) is 12.8 Å². The maximum atomic E-state index is 5.79. The maximum Gasteiger partial charge on any atom is 0.119 e. The van der Waals surface area contributed by atoms with Crippen LogP contribution in [0.4, 0.5) is 0 Å². The number of piperidine rings is 1. The molecule has 1 aromatic carbocycles. The molecule has 4 nitrogen and oxygen atoms in total. The second-order valence-corrected chi connectivity index (χ2v) is 6.52. The molecule has 3 rings (SSSR count). The Morgan fingerprint density at radius 1 is 1.05 bits per heavy atom. The van der Waals surface area contributed by atoms with Gasteiger partial charge >= 0.3 is 0 Å². The monoisotopic (exact) mass is 303 g/mol. The van der Waals surface area contributed by atoms with E-state index in [1.165, 1.54) is 58.7 Å². The molecule has 2 fully saturated rings. The lowest BCUT2D eigenvalue weighted by Crippen LogP contribution is -2.49. The predicted molar refractivity (Wildman–Crippen MR) is 90.4 cm³/mol. The van der Waals surface area contributed by atoms with Gasteiger partial charge in [0.25, 0.3) is 0 Å². The fourth-order valence-electron chi connectivity index (χ4n) is 3.45. The quantitative estimate of drug-likeness (QED) is 0.865. The van der Waals surface area contributed by atoms with Crippen molar-refractivity contribution in [1.29, 1.82) is 0 Å². The summed E-state index contributed by atoms with van der Waals surface area (Å²) in [5.41, 5.74) is 0. The minimum atomic E-state index is 0.788. The Kier molecular flexibility index (Phi) is 6.11. The van der Waals surface area contributed by atoms with Crippen LogP contribution < -0.4 is 10.1 Å². The standard InChI is InChI=1S/C18H29N3O/c1-2-6-18(7-3-1)22-14-13-20-9-11-21(12-10-20)16-17-5-4-8-19-15-17/h1-3,6-7,17,19H,4-5,8-16H2. The van der Waals surface area contributed by atoms with Crippen molar-refractivity contribution < 1.29 is 4.74 Å². The van der Waals surface area contributed by atoms with Crippen LogP contribution in [0.25, 0.3) is 0 Å². The van der Waals surface area contributed by atoms with Gasteiger partial charge in [-0.3, -0.25) is 4.90 Å². The minimum Gasteiger partial charge on any atom is -0.492 e. The van der Waals surface area contributed by atoms with Crippen molar-refractivity contribution >= 4 is 0 Å². The first kappa shape index (κ1) is 15.8. The van der Waals surface area contributed by atoms with E-state index in [0.29, 0.717) is 0 Å². The first-order valence-electron chi connectivity index (χ1n) is 8.73. The highest BCUT2D eigenvalue weighted by atomic mass is 16.5. The summed E-state index contributed by atoms with van der Waals surface area (Å²) in [6, 6.07) is 10.1. The summed E-state index contributed by atoms with van der Waals surface area (Å²) < 4.78 is 5.79. The lowest BCUT2D eigenvalue weighted by atomic mass is 9.99. The number of para-hydroxylation sites is 1. The number of ether oxygens (including phenoxy) is 1. The molecule has 0 bridgehead atoms. The third kappa shape index (κ3) is 4.97. The van der Waals surface area contributed by atoms with E-state index < -0.39 is 0 Å². The van der Waals surface area contributed by atoms with Gasteiger partial charge in [-0.05, 0) is 44.0 Å². The molecule has 2 saturated heterocycles. The molecule has 0 spiro atoms. The lowest BCUT2D eigenvalue weighted by molar-refractivity contribution is 0.101. The van der Waals surface area contributed by atoms with Crippen molar-refractivity contribution in [2.75, 3.05) is 59.0 Å². The Morgan fingerprint density at radius 3 is 2.55 bits per heavy atom. The van der Waals surface area contributed by atoms with Crippen molar-refractivity contribution in [3.05, 3.63) is 30.3 Å². The average molecular weight is 303 g/mol. The molecule has 2 aliphatic heterocycles. The van der Waals surface area contributed by atoms with Gasteiger partial charge in [0.05, 0.1) is 0 Å². The summed E-state index contributed by atoms with van der Waals surface area (Å²) in [4.78, 5) is 5.17. The Morgan fingerprint density at radius 2 is 1.82 bits per heavy atom. The van der Waals surface area contributed by atoms with Crippen LogP contribution in [0.5, 0.6) is 5.75 Å². The van der Waals surface area contributed by atoms with E-state index in [9.17, 15) is 0 Å². The SMILES string of the molecule is c1ccc(OCCN2CCN(CC3CCCNC3)CC2)cc1. The predicted octanol–water partition coefficient (Wildman–Crippen LogP) is 1.68. The van der Waals surface area contributed by atoms with E-state index >= 15 is 0 Å². The first-order chi connectivity index (χ1) is 10.9. The third-order valence-electron chi connectivity index (χ3n) is 4.80. The summed E-state index contributed by atoms with van der Waals surface area (Å²) in [6.07, 6.45) is 2.75. The zero-order valence-corrected chi connectivity index (χ0v) is 13.5. The molecule has 122 valence electrons. The van der Waals surface area contributed by atoms with Gasteiger partial charge in [0, 0.05) is 39.3 Å². The number of nitrogens with one attached hydrogen (secondary N) is 1. The first-order valence-corrected chi connectivity index (χ1v) is 8.73. The Hall–Kier alpha value is -1.10. The van der Waals surface area contributed by atoms with Crippen molar-refractivity contribution in [3.63, 3.8) is 0 Å². The molecule has 22 heavy (non-hydrogen) atoms. The van der Waals surface area contributed by atoms with Gasteiger partial charge in [-0.25, -0.2) is 0 Å². The number of piperazine rings is 1. The summed E-state index contributed by atoms with van der Waals surface area (Å²) in [5.74, 6) is 1.84. The molecule has 0 radical (unpaired) electrons. The minimum absolute atomic E-state index is 0.788. The van der Waals surface area contributed by atoms with Gasteiger partial charge in [0.1, 0.15) is 12.4 Å².